The fourth-order valence-electron chi connectivity index (χ4n) is 4.49. The molecule has 4 heteroatoms. The molecule has 2 rings (SSSR count). The molecule has 31 heavy (non-hydrogen) atoms. The van der Waals surface area contributed by atoms with E-state index in [-0.39, 0.29) is 6.61 Å². The SMILES string of the molecule is CC(C)=CCCC(C)=CCCC(C)NC(Cc1ccccc1Cl)CN1CCCC1CO. The molecule has 0 amide bonds. The number of rotatable bonds is 13. The van der Waals surface area contributed by atoms with Crippen molar-refractivity contribution in [1.29, 1.82) is 0 Å². The highest BCUT2D eigenvalue weighted by atomic mass is 35.5. The number of nitrogens with zero attached hydrogens (tertiary/aromatic N) is 1. The number of hydrogen-bond acceptors (Lipinski definition) is 3. The molecule has 0 bridgehead atoms. The maximum Gasteiger partial charge on any atom is 0.0586 e. The van der Waals surface area contributed by atoms with Crippen molar-refractivity contribution < 1.29 is 5.11 Å². The van der Waals surface area contributed by atoms with Crippen LogP contribution in [-0.4, -0.2) is 47.8 Å². The van der Waals surface area contributed by atoms with Crippen LogP contribution in [-0.2, 0) is 6.42 Å². The van der Waals surface area contributed by atoms with E-state index in [0.717, 1.165) is 56.6 Å². The van der Waals surface area contributed by atoms with Crippen molar-refractivity contribution in [2.75, 3.05) is 19.7 Å². The van der Waals surface area contributed by atoms with E-state index in [0.29, 0.717) is 18.1 Å². The zero-order chi connectivity index (χ0) is 22.6. The molecule has 0 saturated carbocycles. The highest BCUT2D eigenvalue weighted by Gasteiger charge is 2.27. The van der Waals surface area contributed by atoms with Crippen molar-refractivity contribution in [1.82, 2.24) is 10.2 Å². The third kappa shape index (κ3) is 9.91. The van der Waals surface area contributed by atoms with Crippen molar-refractivity contribution in [3.05, 3.63) is 58.1 Å². The molecule has 0 spiro atoms. The van der Waals surface area contributed by atoms with Crippen molar-refractivity contribution in [3.63, 3.8) is 0 Å². The molecule has 3 atom stereocenters. The van der Waals surface area contributed by atoms with Gasteiger partial charge in [0.2, 0.25) is 0 Å². The van der Waals surface area contributed by atoms with E-state index in [4.69, 9.17) is 11.6 Å². The largest absolute Gasteiger partial charge is 0.395 e. The second-order valence-corrected chi connectivity index (χ2v) is 9.89. The van der Waals surface area contributed by atoms with Crippen LogP contribution in [0.1, 0.15) is 71.8 Å². The lowest BCUT2D eigenvalue weighted by molar-refractivity contribution is 0.145. The topological polar surface area (TPSA) is 35.5 Å². The summed E-state index contributed by atoms with van der Waals surface area (Å²) < 4.78 is 0. The van der Waals surface area contributed by atoms with Crippen LogP contribution in [0.15, 0.2) is 47.6 Å². The summed E-state index contributed by atoms with van der Waals surface area (Å²) in [7, 11) is 0. The molecule has 0 aliphatic carbocycles. The van der Waals surface area contributed by atoms with Gasteiger partial charge in [-0.3, -0.25) is 4.90 Å². The molecule has 1 saturated heterocycles. The van der Waals surface area contributed by atoms with Crippen molar-refractivity contribution in [2.45, 2.75) is 90.8 Å². The second kappa shape index (κ2) is 14.1. The Bertz CT molecular complexity index is 711. The Hall–Kier alpha value is -1.13. The first-order valence-corrected chi connectivity index (χ1v) is 12.4. The zero-order valence-corrected chi connectivity index (χ0v) is 20.8. The summed E-state index contributed by atoms with van der Waals surface area (Å²) in [6.45, 7) is 11.2. The van der Waals surface area contributed by atoms with Crippen LogP contribution in [0, 0.1) is 0 Å². The summed E-state index contributed by atoms with van der Waals surface area (Å²) in [5.74, 6) is 0. The number of aliphatic hydroxyl groups excluding tert-OH is 1. The second-order valence-electron chi connectivity index (χ2n) is 9.48. The van der Waals surface area contributed by atoms with Gasteiger partial charge in [-0.2, -0.15) is 0 Å². The average Bonchev–Trinajstić information content (AvgIpc) is 3.16. The highest BCUT2D eigenvalue weighted by molar-refractivity contribution is 6.31. The summed E-state index contributed by atoms with van der Waals surface area (Å²) in [6.07, 6.45) is 12.4. The Morgan fingerprint density at radius 3 is 2.71 bits per heavy atom. The van der Waals surface area contributed by atoms with Gasteiger partial charge in [0, 0.05) is 29.7 Å². The molecule has 0 radical (unpaired) electrons. The first kappa shape index (κ1) is 26.1. The monoisotopic (exact) mass is 446 g/mol. The Morgan fingerprint density at radius 2 is 2.00 bits per heavy atom. The van der Waals surface area contributed by atoms with E-state index in [2.05, 4.69) is 62.2 Å². The smallest absolute Gasteiger partial charge is 0.0586 e. The number of hydrogen-bond donors (Lipinski definition) is 2. The Labute approximate surface area is 195 Å². The molecule has 1 aliphatic heterocycles. The summed E-state index contributed by atoms with van der Waals surface area (Å²) in [5.41, 5.74) is 4.08. The van der Waals surface area contributed by atoms with Gasteiger partial charge in [-0.1, -0.05) is 53.1 Å². The lowest BCUT2D eigenvalue weighted by Gasteiger charge is -2.31. The van der Waals surface area contributed by atoms with E-state index < -0.39 is 0 Å². The first-order chi connectivity index (χ1) is 14.9. The van der Waals surface area contributed by atoms with Gasteiger partial charge in [0.15, 0.2) is 0 Å². The summed E-state index contributed by atoms with van der Waals surface area (Å²) in [4.78, 5) is 2.45. The fourth-order valence-corrected chi connectivity index (χ4v) is 4.70. The number of halogens is 1. The lowest BCUT2D eigenvalue weighted by Crippen LogP contribution is -2.48. The van der Waals surface area contributed by atoms with Crippen LogP contribution in [0.5, 0.6) is 0 Å². The quantitative estimate of drug-likeness (QED) is 0.356. The van der Waals surface area contributed by atoms with E-state index in [1.54, 1.807) is 0 Å². The van der Waals surface area contributed by atoms with Crippen molar-refractivity contribution >= 4 is 11.6 Å². The van der Waals surface area contributed by atoms with Gasteiger partial charge in [-0.15, -0.1) is 0 Å². The summed E-state index contributed by atoms with van der Waals surface area (Å²) in [6, 6.07) is 9.23. The van der Waals surface area contributed by atoms with E-state index >= 15 is 0 Å². The number of aliphatic hydroxyl groups is 1. The third-order valence-electron chi connectivity index (χ3n) is 6.29. The standard InChI is InChI=1S/C27H43ClN2O/c1-21(2)10-7-11-22(3)12-8-13-23(4)29-25(18-24-14-5-6-16-27(24)28)19-30-17-9-15-26(30)20-31/h5-6,10,12,14,16,23,25-26,29,31H,7-9,11,13,15,17-20H2,1-4H3. The molecule has 3 nitrogen and oxygen atoms in total. The van der Waals surface area contributed by atoms with Crippen LogP contribution in [0.4, 0.5) is 0 Å². The summed E-state index contributed by atoms with van der Waals surface area (Å²) in [5, 5.41) is 14.5. The lowest BCUT2D eigenvalue weighted by atomic mass is 10.0. The van der Waals surface area contributed by atoms with E-state index in [9.17, 15) is 5.11 Å². The molecule has 1 fully saturated rings. The Morgan fingerprint density at radius 1 is 1.23 bits per heavy atom. The van der Waals surface area contributed by atoms with Crippen LogP contribution < -0.4 is 5.32 Å². The summed E-state index contributed by atoms with van der Waals surface area (Å²) >= 11 is 6.46. The van der Waals surface area contributed by atoms with Gasteiger partial charge < -0.3 is 10.4 Å². The minimum atomic E-state index is 0.255. The molecular weight excluding hydrogens is 404 g/mol. The molecule has 2 N–H and O–H groups in total. The molecule has 1 aromatic rings. The van der Waals surface area contributed by atoms with Gasteiger partial charge in [0.25, 0.3) is 0 Å². The van der Waals surface area contributed by atoms with Crippen molar-refractivity contribution in [3.8, 4) is 0 Å². The molecule has 1 aliphatic rings. The highest BCUT2D eigenvalue weighted by Crippen LogP contribution is 2.21. The van der Waals surface area contributed by atoms with Gasteiger partial charge in [0.05, 0.1) is 6.61 Å². The molecule has 3 unspecified atom stereocenters. The maximum atomic E-state index is 9.73. The Kier molecular flexibility index (Phi) is 11.9. The predicted molar refractivity (Wildman–Crippen MR) is 135 cm³/mol. The Balaban J connectivity index is 1.91. The van der Waals surface area contributed by atoms with Gasteiger partial charge >= 0.3 is 0 Å². The zero-order valence-electron chi connectivity index (χ0n) is 20.0. The average molecular weight is 447 g/mol. The molecular formula is C27H43ClN2O. The van der Waals surface area contributed by atoms with Gasteiger partial charge in [0.1, 0.15) is 0 Å². The van der Waals surface area contributed by atoms with Crippen LogP contribution in [0.2, 0.25) is 5.02 Å². The van der Waals surface area contributed by atoms with Crippen molar-refractivity contribution in [2.24, 2.45) is 0 Å². The number of nitrogens with one attached hydrogen (secondary N) is 1. The maximum absolute atomic E-state index is 9.73. The minimum Gasteiger partial charge on any atom is -0.395 e. The van der Waals surface area contributed by atoms with Gasteiger partial charge in [-0.25, -0.2) is 0 Å². The number of benzene rings is 1. The molecule has 1 heterocycles. The predicted octanol–water partition coefficient (Wildman–Crippen LogP) is 6.16. The third-order valence-corrected chi connectivity index (χ3v) is 6.66. The van der Waals surface area contributed by atoms with Gasteiger partial charge in [-0.05, 0) is 90.8 Å². The van der Waals surface area contributed by atoms with Crippen LogP contribution >= 0.6 is 11.6 Å². The number of likely N-dealkylation sites (tertiary alicyclic amines) is 1. The molecule has 1 aromatic carbocycles. The normalized spacial score (nSPS) is 19.4. The van der Waals surface area contributed by atoms with E-state index in [1.165, 1.54) is 23.1 Å². The first-order valence-electron chi connectivity index (χ1n) is 12.0. The number of allylic oxidation sites excluding steroid dienone is 4. The fraction of sp³-hybridized carbons (Fsp3) is 0.630. The minimum absolute atomic E-state index is 0.255. The van der Waals surface area contributed by atoms with Crippen LogP contribution in [0.25, 0.3) is 0 Å². The molecule has 174 valence electrons. The molecule has 0 aromatic heterocycles. The van der Waals surface area contributed by atoms with E-state index in [1.807, 2.05) is 12.1 Å². The van der Waals surface area contributed by atoms with Crippen LogP contribution in [0.3, 0.4) is 0 Å².